The molecule has 1 aromatic rings. The Morgan fingerprint density at radius 3 is 2.33 bits per heavy atom. The number of esters is 1. The van der Waals surface area contributed by atoms with E-state index in [1.807, 2.05) is 7.11 Å². The third-order valence-electron chi connectivity index (χ3n) is 13.4. The molecule has 1 N–H and O–H groups in total. The first-order valence-corrected chi connectivity index (χ1v) is 16.8. The molecule has 5 aliphatic carbocycles. The number of hydrogen-bond acceptors (Lipinski definition) is 10. The molecule has 1 heterocycles. The van der Waals surface area contributed by atoms with E-state index in [0.717, 1.165) is 19.5 Å². The molecule has 250 valence electrons. The summed E-state index contributed by atoms with van der Waals surface area (Å²) in [5.74, 6) is 0.295. The molecule has 1 aliphatic heterocycles. The van der Waals surface area contributed by atoms with E-state index >= 15 is 0 Å². The highest BCUT2D eigenvalue weighted by Gasteiger charge is 2.88. The van der Waals surface area contributed by atoms with Crippen LogP contribution in [0.5, 0.6) is 5.75 Å². The maximum Gasteiger partial charge on any atom is 0.338 e. The summed E-state index contributed by atoms with van der Waals surface area (Å²) in [4.78, 5) is 16.4. The van der Waals surface area contributed by atoms with Crippen molar-refractivity contribution in [2.45, 2.75) is 75.3 Å². The molecule has 6 aliphatic rings. The van der Waals surface area contributed by atoms with Crippen molar-refractivity contribution in [1.29, 1.82) is 0 Å². The lowest BCUT2D eigenvalue weighted by Gasteiger charge is -2.70. The number of ether oxygens (including phenoxy) is 7. The maximum atomic E-state index is 13.9. The molecule has 7 bridgehead atoms. The highest BCUT2D eigenvalue weighted by molar-refractivity contribution is 5.89. The minimum atomic E-state index is -0.661. The number of aliphatic hydroxyl groups excluding tert-OH is 1. The number of rotatable bonds is 11. The standard InChI is InChI=1S/C35H51NO9/c1-8-36-17-33(18-39-3)24(37)15-25(42-6)35-22-14-21-23(41-5)16-34(44-9-2,27(31(35)36)29(43-7)30(33)35)26(22)28(21)45-32(38)19-10-12-20(40-4)13-11-19/h10-13,21-31,37H,8-9,14-18H2,1-7H3/t21-,22-,23+,24-,25+,26-,27+,28+,29+,30-,31-,33+,34-,35+/m1/s1. The summed E-state index contributed by atoms with van der Waals surface area (Å²) in [6.07, 6.45) is 0.499. The summed E-state index contributed by atoms with van der Waals surface area (Å²) in [7, 11) is 8.73. The van der Waals surface area contributed by atoms with Gasteiger partial charge in [0.2, 0.25) is 0 Å². The third-order valence-corrected chi connectivity index (χ3v) is 13.4. The van der Waals surface area contributed by atoms with Crippen LogP contribution in [-0.2, 0) is 28.4 Å². The van der Waals surface area contributed by atoms with Crippen molar-refractivity contribution in [3.8, 4) is 5.75 Å². The predicted octanol–water partition coefficient (Wildman–Crippen LogP) is 3.04. The number of benzene rings is 1. The Hall–Kier alpha value is -1.79. The summed E-state index contributed by atoms with van der Waals surface area (Å²) in [5, 5.41) is 12.0. The predicted molar refractivity (Wildman–Crippen MR) is 164 cm³/mol. The van der Waals surface area contributed by atoms with Crippen LogP contribution in [0.25, 0.3) is 0 Å². The Labute approximate surface area is 266 Å². The van der Waals surface area contributed by atoms with Crippen molar-refractivity contribution < 1.29 is 43.1 Å². The Kier molecular flexibility index (Phi) is 8.07. The second-order valence-corrected chi connectivity index (χ2v) is 14.4. The summed E-state index contributed by atoms with van der Waals surface area (Å²) in [5.41, 5.74) is -1.07. The SMILES string of the molecule is CCO[C@]12C[C@H](OC)[C@H]3C[C@H]([C@@H]1[C@H]3OC(=O)c1ccc(OC)cc1)[C@@]13[C@@H](OC)C[C@@H](O)[C@@]4(COC)CN(CC)[C@@H]1[C@@H]2[C@H](OC)[C@H]43. The fourth-order valence-electron chi connectivity index (χ4n) is 12.5. The highest BCUT2D eigenvalue weighted by atomic mass is 16.6. The minimum Gasteiger partial charge on any atom is -0.497 e. The number of methoxy groups -OCH3 is 5. The van der Waals surface area contributed by atoms with Crippen molar-refractivity contribution in [1.82, 2.24) is 4.90 Å². The van der Waals surface area contributed by atoms with Crippen LogP contribution in [0, 0.1) is 40.4 Å². The van der Waals surface area contributed by atoms with E-state index in [-0.39, 0.29) is 65.3 Å². The first kappa shape index (κ1) is 31.8. The number of fused-ring (bicyclic) bond motifs is 2. The van der Waals surface area contributed by atoms with Gasteiger partial charge in [0.1, 0.15) is 11.9 Å². The van der Waals surface area contributed by atoms with E-state index in [1.54, 1.807) is 52.7 Å². The minimum absolute atomic E-state index is 0.00693. The molecule has 6 fully saturated rings. The molecule has 45 heavy (non-hydrogen) atoms. The molecule has 7 rings (SSSR count). The Balaban J connectivity index is 1.43. The Morgan fingerprint density at radius 1 is 0.978 bits per heavy atom. The molecule has 5 saturated carbocycles. The lowest BCUT2D eigenvalue weighted by atomic mass is 9.42. The third kappa shape index (κ3) is 3.90. The number of carbonyl (C=O) groups excluding carboxylic acids is 1. The fraction of sp³-hybridized carbons (Fsp3) is 0.800. The van der Waals surface area contributed by atoms with Gasteiger partial charge in [0.25, 0.3) is 0 Å². The number of hydrogen-bond donors (Lipinski definition) is 1. The van der Waals surface area contributed by atoms with Crippen LogP contribution in [0.1, 0.15) is 43.5 Å². The average Bonchev–Trinajstić information content (AvgIpc) is 3.47. The topological polar surface area (TPSA) is 105 Å². The second-order valence-electron chi connectivity index (χ2n) is 14.4. The second kappa shape index (κ2) is 11.4. The van der Waals surface area contributed by atoms with Crippen molar-refractivity contribution in [2.24, 2.45) is 40.4 Å². The van der Waals surface area contributed by atoms with E-state index in [1.165, 1.54) is 0 Å². The smallest absolute Gasteiger partial charge is 0.338 e. The highest BCUT2D eigenvalue weighted by Crippen LogP contribution is 2.80. The molecule has 10 heteroatoms. The molecular formula is C35H51NO9. The monoisotopic (exact) mass is 629 g/mol. The van der Waals surface area contributed by atoms with E-state index in [0.29, 0.717) is 37.4 Å². The molecule has 0 amide bonds. The Morgan fingerprint density at radius 2 is 1.73 bits per heavy atom. The largest absolute Gasteiger partial charge is 0.497 e. The maximum absolute atomic E-state index is 13.9. The van der Waals surface area contributed by atoms with Crippen molar-refractivity contribution in [3.63, 3.8) is 0 Å². The number of likely N-dealkylation sites (tertiary alicyclic amines) is 1. The lowest BCUT2D eigenvalue weighted by molar-refractivity contribution is -0.300. The molecule has 14 atom stereocenters. The van der Waals surface area contributed by atoms with E-state index in [9.17, 15) is 9.90 Å². The number of carbonyl (C=O) groups is 1. The Bertz CT molecular complexity index is 1260. The fourth-order valence-corrected chi connectivity index (χ4v) is 12.5. The average molecular weight is 630 g/mol. The van der Waals surface area contributed by atoms with Gasteiger partial charge in [-0.25, -0.2) is 4.79 Å². The summed E-state index contributed by atoms with van der Waals surface area (Å²) in [6.45, 7) is 6.79. The normalized spacial score (nSPS) is 47.5. The molecule has 0 radical (unpaired) electrons. The van der Waals surface area contributed by atoms with Gasteiger partial charge >= 0.3 is 5.97 Å². The number of nitrogens with zero attached hydrogens (tertiary/aromatic N) is 1. The molecule has 1 saturated heterocycles. The van der Waals surface area contributed by atoms with Gasteiger partial charge in [-0.1, -0.05) is 6.92 Å². The van der Waals surface area contributed by atoms with Crippen LogP contribution < -0.4 is 4.74 Å². The van der Waals surface area contributed by atoms with E-state index < -0.39 is 23.2 Å². The molecule has 0 aromatic heterocycles. The summed E-state index contributed by atoms with van der Waals surface area (Å²) >= 11 is 0. The first-order chi connectivity index (χ1) is 21.8. The van der Waals surface area contributed by atoms with Gasteiger partial charge in [-0.3, -0.25) is 4.90 Å². The zero-order chi connectivity index (χ0) is 31.9. The van der Waals surface area contributed by atoms with E-state index in [2.05, 4.69) is 18.7 Å². The summed E-state index contributed by atoms with van der Waals surface area (Å²) < 4.78 is 44.5. The van der Waals surface area contributed by atoms with Crippen LogP contribution in [0.3, 0.4) is 0 Å². The number of piperidine rings is 1. The molecule has 1 spiro atoms. The zero-order valence-corrected chi connectivity index (χ0v) is 27.8. The molecule has 1 aromatic carbocycles. The molecule has 10 nitrogen and oxygen atoms in total. The first-order valence-electron chi connectivity index (χ1n) is 16.8. The van der Waals surface area contributed by atoms with Gasteiger partial charge in [0, 0.05) is 95.0 Å². The van der Waals surface area contributed by atoms with Gasteiger partial charge in [-0.2, -0.15) is 0 Å². The lowest BCUT2D eigenvalue weighted by Crippen LogP contribution is -2.78. The van der Waals surface area contributed by atoms with Crippen molar-refractivity contribution >= 4 is 5.97 Å². The van der Waals surface area contributed by atoms with Gasteiger partial charge in [-0.05, 0) is 50.1 Å². The van der Waals surface area contributed by atoms with Gasteiger partial charge in [0.15, 0.2) is 0 Å². The zero-order valence-electron chi connectivity index (χ0n) is 27.8. The summed E-state index contributed by atoms with van der Waals surface area (Å²) in [6, 6.07) is 7.20. The van der Waals surface area contributed by atoms with Crippen LogP contribution in [-0.4, -0.2) is 120 Å². The quantitative estimate of drug-likeness (QED) is 0.368. The molecular weight excluding hydrogens is 578 g/mol. The van der Waals surface area contributed by atoms with Crippen LogP contribution in [0.2, 0.25) is 0 Å². The number of aliphatic hydroxyl groups is 1. The van der Waals surface area contributed by atoms with Gasteiger partial charge in [-0.15, -0.1) is 0 Å². The van der Waals surface area contributed by atoms with Gasteiger partial charge < -0.3 is 38.3 Å². The van der Waals surface area contributed by atoms with Gasteiger partial charge in [0.05, 0.1) is 49.3 Å². The van der Waals surface area contributed by atoms with Crippen molar-refractivity contribution in [3.05, 3.63) is 29.8 Å². The van der Waals surface area contributed by atoms with Crippen molar-refractivity contribution in [2.75, 3.05) is 61.9 Å². The van der Waals surface area contributed by atoms with Crippen LogP contribution >= 0.6 is 0 Å². The van der Waals surface area contributed by atoms with E-state index in [4.69, 9.17) is 33.2 Å². The van der Waals surface area contributed by atoms with Crippen LogP contribution in [0.15, 0.2) is 24.3 Å². The van der Waals surface area contributed by atoms with Crippen LogP contribution in [0.4, 0.5) is 0 Å². The molecule has 0 unspecified atom stereocenters.